The fourth-order valence-electron chi connectivity index (χ4n) is 3.22. The maximum Gasteiger partial charge on any atom is 0.343 e. The van der Waals surface area contributed by atoms with Crippen molar-refractivity contribution in [2.24, 2.45) is 11.8 Å². The molecule has 0 bridgehead atoms. The molecule has 0 aliphatic heterocycles. The monoisotopic (exact) mass is 321 g/mol. The zero-order valence-corrected chi connectivity index (χ0v) is 14.2. The van der Waals surface area contributed by atoms with Crippen LogP contribution in [-0.2, 0) is 15.1 Å². The largest absolute Gasteiger partial charge is 0.457 e. The van der Waals surface area contributed by atoms with Crippen LogP contribution < -0.4 is 5.84 Å². The molecular weight excluding hydrogens is 292 g/mol. The first-order valence-electron chi connectivity index (χ1n) is 8.41. The first kappa shape index (κ1) is 17.9. The molecule has 1 aromatic carbocycles. The molecule has 5 heteroatoms. The van der Waals surface area contributed by atoms with Crippen LogP contribution in [0, 0.1) is 5.92 Å². The molecule has 0 aromatic heterocycles. The van der Waals surface area contributed by atoms with Crippen LogP contribution in [0.5, 0.6) is 0 Å². The normalized spacial score (nSPS) is 19.1. The second-order valence-electron chi connectivity index (χ2n) is 7.11. The number of ether oxygens (including phenoxy) is 1. The molecule has 3 N–H and O–H groups in total. The van der Waals surface area contributed by atoms with Gasteiger partial charge in [0.15, 0.2) is 5.60 Å². The van der Waals surface area contributed by atoms with Gasteiger partial charge in [-0.15, -0.1) is 0 Å². The summed E-state index contributed by atoms with van der Waals surface area (Å²) in [5.41, 5.74) is -0.939. The van der Waals surface area contributed by atoms with Crippen molar-refractivity contribution < 1.29 is 19.2 Å². The molecule has 0 unspecified atom stereocenters. The van der Waals surface area contributed by atoms with Gasteiger partial charge in [-0.2, -0.15) is 5.84 Å². The Morgan fingerprint density at radius 1 is 1.26 bits per heavy atom. The summed E-state index contributed by atoms with van der Waals surface area (Å²) in [7, 11) is 3.66. The molecule has 1 aliphatic carbocycles. The number of benzene rings is 1. The number of nitrogens with two attached hydrogens (primary N) is 1. The second kappa shape index (κ2) is 7.43. The summed E-state index contributed by atoms with van der Waals surface area (Å²) >= 11 is 0. The zero-order chi connectivity index (χ0) is 16.9. The van der Waals surface area contributed by atoms with E-state index in [-0.39, 0.29) is 17.1 Å². The van der Waals surface area contributed by atoms with Crippen LogP contribution in [-0.4, -0.2) is 42.9 Å². The van der Waals surface area contributed by atoms with Crippen molar-refractivity contribution in [3.05, 3.63) is 35.9 Å². The van der Waals surface area contributed by atoms with E-state index in [1.165, 1.54) is 0 Å². The number of likely N-dealkylation sites (N-methyl/N-ethyl adjacent to an activating group) is 1. The van der Waals surface area contributed by atoms with E-state index in [1.54, 1.807) is 12.1 Å². The molecule has 23 heavy (non-hydrogen) atoms. The average molecular weight is 321 g/mol. The van der Waals surface area contributed by atoms with Gasteiger partial charge in [-0.1, -0.05) is 49.6 Å². The van der Waals surface area contributed by atoms with Gasteiger partial charge in [0, 0.05) is 5.92 Å². The number of quaternary nitrogens is 1. The van der Waals surface area contributed by atoms with E-state index in [4.69, 9.17) is 10.6 Å². The van der Waals surface area contributed by atoms with Crippen molar-refractivity contribution >= 4 is 5.97 Å². The molecule has 0 radical (unpaired) electrons. The number of hydrogen-bond acceptors (Lipinski definition) is 4. The number of esters is 1. The number of carbonyl (C=O) groups is 1. The van der Waals surface area contributed by atoms with Gasteiger partial charge in [0.05, 0.1) is 14.1 Å². The van der Waals surface area contributed by atoms with Gasteiger partial charge in [0.25, 0.3) is 0 Å². The van der Waals surface area contributed by atoms with Crippen LogP contribution in [0.15, 0.2) is 30.3 Å². The molecule has 1 aliphatic rings. The van der Waals surface area contributed by atoms with Gasteiger partial charge in [-0.05, 0) is 18.4 Å². The molecular formula is C18H29N2O3+. The molecule has 0 heterocycles. The molecule has 1 aromatic rings. The fraction of sp³-hybridized carbons (Fsp3) is 0.611. The molecule has 0 spiro atoms. The molecule has 2 rings (SSSR count). The highest BCUT2D eigenvalue weighted by Crippen LogP contribution is 2.40. The van der Waals surface area contributed by atoms with E-state index in [0.29, 0.717) is 12.1 Å². The molecule has 0 amide bonds. The van der Waals surface area contributed by atoms with Gasteiger partial charge in [-0.3, -0.25) is 4.59 Å². The van der Waals surface area contributed by atoms with Crippen LogP contribution in [0.3, 0.4) is 0 Å². The average Bonchev–Trinajstić information content (AvgIpc) is 2.54. The summed E-state index contributed by atoms with van der Waals surface area (Å²) in [5.74, 6) is 5.23. The third-order valence-electron chi connectivity index (χ3n) is 4.62. The molecule has 5 nitrogen and oxygen atoms in total. The summed E-state index contributed by atoms with van der Waals surface area (Å²) in [6.07, 6.45) is 4.94. The van der Waals surface area contributed by atoms with Crippen LogP contribution in [0.2, 0.25) is 0 Å². The maximum absolute atomic E-state index is 12.7. The predicted octanol–water partition coefficient (Wildman–Crippen LogP) is 1.95. The summed E-state index contributed by atoms with van der Waals surface area (Å²) < 4.78 is 5.63. The Hall–Kier alpha value is -1.43. The van der Waals surface area contributed by atoms with Gasteiger partial charge >= 0.3 is 5.97 Å². The molecule has 1 saturated carbocycles. The molecule has 1 fully saturated rings. The molecule has 128 valence electrons. The zero-order valence-electron chi connectivity index (χ0n) is 14.2. The fourth-order valence-corrected chi connectivity index (χ4v) is 3.22. The number of aliphatic hydroxyl groups is 1. The van der Waals surface area contributed by atoms with Gasteiger partial charge in [-0.25, -0.2) is 4.79 Å². The number of nitrogens with zero attached hydrogens (tertiary/aromatic N) is 1. The van der Waals surface area contributed by atoms with Crippen molar-refractivity contribution in [3.63, 3.8) is 0 Å². The van der Waals surface area contributed by atoms with Gasteiger partial charge < -0.3 is 9.84 Å². The lowest BCUT2D eigenvalue weighted by Crippen LogP contribution is -2.50. The smallest absolute Gasteiger partial charge is 0.343 e. The molecule has 1 atom stereocenters. The summed E-state index contributed by atoms with van der Waals surface area (Å²) in [4.78, 5) is 12.7. The van der Waals surface area contributed by atoms with Crippen LogP contribution in [0.25, 0.3) is 0 Å². The van der Waals surface area contributed by atoms with Crippen molar-refractivity contribution in [1.29, 1.82) is 0 Å². The third-order valence-corrected chi connectivity index (χ3v) is 4.62. The standard InChI is InChI=1S/C18H29N2O3/c1-20(2,19)13-14-23-17(21)18(22,15-9-5-3-6-10-15)16-11-7-4-8-12-16/h3,5-6,9-10,16,22H,4,7-8,11-14,19H2,1-2H3/q+1/t18-/m0/s1. The Kier molecular flexibility index (Phi) is 5.79. The summed E-state index contributed by atoms with van der Waals surface area (Å²) in [5, 5.41) is 11.3. The number of rotatable bonds is 6. The lowest BCUT2D eigenvalue weighted by Gasteiger charge is -2.37. The van der Waals surface area contributed by atoms with E-state index in [1.807, 2.05) is 32.3 Å². The van der Waals surface area contributed by atoms with Crippen molar-refractivity contribution in [2.45, 2.75) is 37.7 Å². The third kappa shape index (κ3) is 4.53. The van der Waals surface area contributed by atoms with E-state index in [0.717, 1.165) is 32.1 Å². The van der Waals surface area contributed by atoms with Crippen LogP contribution in [0.4, 0.5) is 0 Å². The Bertz CT molecular complexity index is 507. The van der Waals surface area contributed by atoms with Crippen LogP contribution in [0.1, 0.15) is 37.7 Å². The van der Waals surface area contributed by atoms with Crippen molar-refractivity contribution in [1.82, 2.24) is 0 Å². The number of hydrogen-bond donors (Lipinski definition) is 2. The summed E-state index contributed by atoms with van der Waals surface area (Å²) in [6, 6.07) is 9.18. The van der Waals surface area contributed by atoms with Crippen LogP contribution >= 0.6 is 0 Å². The highest BCUT2D eigenvalue weighted by atomic mass is 16.5. The minimum absolute atomic E-state index is 0.0912. The topological polar surface area (TPSA) is 72.5 Å². The van der Waals surface area contributed by atoms with Crippen molar-refractivity contribution in [3.8, 4) is 0 Å². The van der Waals surface area contributed by atoms with Gasteiger partial charge in [0.2, 0.25) is 0 Å². The Morgan fingerprint density at radius 2 is 1.87 bits per heavy atom. The Morgan fingerprint density at radius 3 is 2.43 bits per heavy atom. The van der Waals surface area contributed by atoms with E-state index >= 15 is 0 Å². The second-order valence-corrected chi connectivity index (χ2v) is 7.11. The van der Waals surface area contributed by atoms with Gasteiger partial charge in [0.1, 0.15) is 13.2 Å². The van der Waals surface area contributed by atoms with E-state index in [9.17, 15) is 9.90 Å². The first-order chi connectivity index (χ1) is 10.8. The highest BCUT2D eigenvalue weighted by Gasteiger charge is 2.47. The highest BCUT2D eigenvalue weighted by molar-refractivity contribution is 5.81. The minimum Gasteiger partial charge on any atom is -0.457 e. The maximum atomic E-state index is 12.7. The first-order valence-corrected chi connectivity index (χ1v) is 8.41. The van der Waals surface area contributed by atoms with Crippen molar-refractivity contribution in [2.75, 3.05) is 27.2 Å². The predicted molar refractivity (Wildman–Crippen MR) is 89.0 cm³/mol. The lowest BCUT2D eigenvalue weighted by molar-refractivity contribution is -0.902. The SMILES string of the molecule is C[N+](C)(N)CCOC(=O)[C@](O)(c1ccccc1)C1CCCCC1. The minimum atomic E-state index is -1.56. The quantitative estimate of drug-likeness (QED) is 0.363. The Balaban J connectivity index is 2.17. The van der Waals surface area contributed by atoms with E-state index in [2.05, 4.69) is 0 Å². The molecule has 0 saturated heterocycles. The Labute approximate surface area is 138 Å². The number of carbonyl (C=O) groups excluding carboxylic acids is 1. The summed E-state index contributed by atoms with van der Waals surface area (Å²) in [6.45, 7) is 0.700. The lowest BCUT2D eigenvalue weighted by atomic mass is 9.73. The van der Waals surface area contributed by atoms with E-state index < -0.39 is 11.6 Å².